The summed E-state index contributed by atoms with van der Waals surface area (Å²) < 4.78 is 7.06. The Morgan fingerprint density at radius 1 is 1.26 bits per heavy atom. The first-order valence-electron chi connectivity index (χ1n) is 6.15. The van der Waals surface area contributed by atoms with Crippen molar-refractivity contribution in [2.24, 2.45) is 7.05 Å². The van der Waals surface area contributed by atoms with E-state index in [2.05, 4.69) is 22.4 Å². The van der Waals surface area contributed by atoms with Gasteiger partial charge in [0.05, 0.1) is 19.3 Å². The molecule has 0 aliphatic rings. The van der Waals surface area contributed by atoms with Crippen LogP contribution in [0.3, 0.4) is 0 Å². The van der Waals surface area contributed by atoms with Crippen LogP contribution in [0.15, 0.2) is 30.5 Å². The summed E-state index contributed by atoms with van der Waals surface area (Å²) in [5, 5.41) is 4.02. The molecule has 0 bridgehead atoms. The summed E-state index contributed by atoms with van der Waals surface area (Å²) in [7, 11) is 3.62. The maximum absolute atomic E-state index is 5.95. The molecule has 1 N–H and O–H groups in total. The van der Waals surface area contributed by atoms with E-state index >= 15 is 0 Å². The van der Waals surface area contributed by atoms with Crippen LogP contribution in [0.2, 0.25) is 5.15 Å². The first-order chi connectivity index (χ1) is 9.22. The Morgan fingerprint density at radius 2 is 2.00 bits per heavy atom. The van der Waals surface area contributed by atoms with Crippen LogP contribution in [0, 0.1) is 0 Å². The van der Waals surface area contributed by atoms with Crippen LogP contribution < -0.4 is 5.32 Å². The van der Waals surface area contributed by atoms with Crippen LogP contribution in [-0.2, 0) is 31.5 Å². The number of rotatable bonds is 6. The molecule has 2 rings (SSSR count). The number of imidazole rings is 1. The summed E-state index contributed by atoms with van der Waals surface area (Å²) in [6.07, 6.45) is 1.66. The van der Waals surface area contributed by atoms with E-state index in [4.69, 9.17) is 16.3 Å². The number of nitrogens with one attached hydrogen (secondary N) is 1. The molecule has 1 aromatic carbocycles. The summed E-state index contributed by atoms with van der Waals surface area (Å²) in [4.78, 5) is 4.25. The number of halogens is 1. The molecule has 0 atom stereocenters. The molecule has 1 aromatic heterocycles. The van der Waals surface area contributed by atoms with Gasteiger partial charge in [0.25, 0.3) is 0 Å². The molecule has 0 amide bonds. The van der Waals surface area contributed by atoms with Crippen LogP contribution in [-0.4, -0.2) is 16.7 Å². The molecule has 0 spiro atoms. The fourth-order valence-electron chi connectivity index (χ4n) is 1.92. The molecular weight excluding hydrogens is 262 g/mol. The number of nitrogens with zero attached hydrogens (tertiary/aromatic N) is 2. The number of aromatic nitrogens is 2. The quantitative estimate of drug-likeness (QED) is 0.883. The van der Waals surface area contributed by atoms with Crippen LogP contribution >= 0.6 is 11.6 Å². The van der Waals surface area contributed by atoms with E-state index in [1.165, 1.54) is 11.1 Å². The second-order valence-electron chi connectivity index (χ2n) is 4.36. The van der Waals surface area contributed by atoms with Gasteiger partial charge in [-0.05, 0) is 11.1 Å². The van der Waals surface area contributed by atoms with E-state index in [1.807, 2.05) is 23.7 Å². The minimum Gasteiger partial charge on any atom is -0.380 e. The first-order valence-corrected chi connectivity index (χ1v) is 6.52. The number of methoxy groups -OCH3 is 1. The van der Waals surface area contributed by atoms with E-state index in [0.717, 1.165) is 12.4 Å². The smallest absolute Gasteiger partial charge is 0.128 e. The second-order valence-corrected chi connectivity index (χ2v) is 4.75. The van der Waals surface area contributed by atoms with Gasteiger partial charge < -0.3 is 14.6 Å². The highest BCUT2D eigenvalue weighted by Crippen LogP contribution is 2.11. The number of benzene rings is 1. The molecule has 0 aliphatic heterocycles. The third-order valence-electron chi connectivity index (χ3n) is 3.04. The Labute approximate surface area is 118 Å². The third kappa shape index (κ3) is 3.56. The van der Waals surface area contributed by atoms with Crippen LogP contribution in [0.25, 0.3) is 0 Å². The zero-order chi connectivity index (χ0) is 13.7. The number of hydrogen-bond donors (Lipinski definition) is 1. The topological polar surface area (TPSA) is 39.1 Å². The van der Waals surface area contributed by atoms with Crippen molar-refractivity contribution in [3.63, 3.8) is 0 Å². The Kier molecular flexibility index (Phi) is 4.96. The average molecular weight is 280 g/mol. The minimum atomic E-state index is 0.631. The summed E-state index contributed by atoms with van der Waals surface area (Å²) in [5.41, 5.74) is 2.44. The molecule has 0 saturated heterocycles. The van der Waals surface area contributed by atoms with Crippen molar-refractivity contribution in [3.8, 4) is 0 Å². The van der Waals surface area contributed by atoms with Crippen molar-refractivity contribution in [1.82, 2.24) is 14.9 Å². The lowest BCUT2D eigenvalue weighted by Crippen LogP contribution is -2.17. The van der Waals surface area contributed by atoms with Gasteiger partial charge in [-0.2, -0.15) is 0 Å². The van der Waals surface area contributed by atoms with Gasteiger partial charge >= 0.3 is 0 Å². The van der Waals surface area contributed by atoms with Crippen molar-refractivity contribution in [2.45, 2.75) is 19.7 Å². The third-order valence-corrected chi connectivity index (χ3v) is 3.40. The highest BCUT2D eigenvalue weighted by molar-refractivity contribution is 6.29. The molecule has 1 heterocycles. The van der Waals surface area contributed by atoms with Crippen LogP contribution in [0.1, 0.15) is 17.0 Å². The lowest BCUT2D eigenvalue weighted by atomic mass is 10.1. The van der Waals surface area contributed by atoms with Crippen molar-refractivity contribution < 1.29 is 4.74 Å². The Morgan fingerprint density at radius 3 is 2.63 bits per heavy atom. The summed E-state index contributed by atoms with van der Waals surface area (Å²) in [5.74, 6) is 0.925. The maximum Gasteiger partial charge on any atom is 0.128 e. The Bertz CT molecular complexity index is 539. The predicted molar refractivity (Wildman–Crippen MR) is 75.9 cm³/mol. The molecule has 19 heavy (non-hydrogen) atoms. The standard InChI is InChI=1S/C14H18ClN3O/c1-18-13(15)8-17-14(18)9-16-7-11-5-3-4-6-12(11)10-19-2/h3-6,8,16H,7,9-10H2,1-2H3. The predicted octanol–water partition coefficient (Wildman–Crippen LogP) is 2.51. The zero-order valence-corrected chi connectivity index (χ0v) is 11.9. The van der Waals surface area contributed by atoms with Crippen LogP contribution in [0.5, 0.6) is 0 Å². The van der Waals surface area contributed by atoms with Gasteiger partial charge in [0, 0.05) is 20.7 Å². The fourth-order valence-corrected chi connectivity index (χ4v) is 2.07. The molecule has 2 aromatic rings. The second kappa shape index (κ2) is 6.70. The summed E-state index contributed by atoms with van der Waals surface area (Å²) >= 11 is 5.95. The Balaban J connectivity index is 1.94. The van der Waals surface area contributed by atoms with E-state index in [1.54, 1.807) is 13.3 Å². The molecular formula is C14H18ClN3O. The van der Waals surface area contributed by atoms with Crippen molar-refractivity contribution in [1.29, 1.82) is 0 Å². The lowest BCUT2D eigenvalue weighted by Gasteiger charge is -2.10. The van der Waals surface area contributed by atoms with Gasteiger partial charge in [0.15, 0.2) is 0 Å². The van der Waals surface area contributed by atoms with Gasteiger partial charge in [0.2, 0.25) is 0 Å². The first kappa shape index (κ1) is 14.1. The highest BCUT2D eigenvalue weighted by Gasteiger charge is 2.05. The minimum absolute atomic E-state index is 0.631. The monoisotopic (exact) mass is 279 g/mol. The molecule has 0 fully saturated rings. The highest BCUT2D eigenvalue weighted by atomic mass is 35.5. The molecule has 102 valence electrons. The zero-order valence-electron chi connectivity index (χ0n) is 11.2. The normalized spacial score (nSPS) is 10.9. The molecule has 5 heteroatoms. The largest absolute Gasteiger partial charge is 0.380 e. The van der Waals surface area contributed by atoms with Gasteiger partial charge in [-0.25, -0.2) is 4.98 Å². The average Bonchev–Trinajstić information content (AvgIpc) is 2.73. The van der Waals surface area contributed by atoms with E-state index in [0.29, 0.717) is 18.3 Å². The molecule has 0 saturated carbocycles. The lowest BCUT2D eigenvalue weighted by molar-refractivity contribution is 0.184. The van der Waals surface area contributed by atoms with E-state index in [9.17, 15) is 0 Å². The number of hydrogen-bond acceptors (Lipinski definition) is 3. The molecule has 0 radical (unpaired) electrons. The van der Waals surface area contributed by atoms with Gasteiger partial charge in [0.1, 0.15) is 11.0 Å². The fraction of sp³-hybridized carbons (Fsp3) is 0.357. The van der Waals surface area contributed by atoms with Crippen LogP contribution in [0.4, 0.5) is 0 Å². The summed E-state index contributed by atoms with van der Waals surface area (Å²) in [6, 6.07) is 8.25. The van der Waals surface area contributed by atoms with Crippen molar-refractivity contribution in [3.05, 3.63) is 52.6 Å². The SMILES string of the molecule is COCc1ccccc1CNCc1ncc(Cl)n1C. The maximum atomic E-state index is 5.95. The molecule has 0 unspecified atom stereocenters. The Hall–Kier alpha value is -1.36. The number of ether oxygens (including phenoxy) is 1. The molecule has 4 nitrogen and oxygen atoms in total. The van der Waals surface area contributed by atoms with Crippen molar-refractivity contribution in [2.75, 3.05) is 7.11 Å². The van der Waals surface area contributed by atoms with Gasteiger partial charge in [-0.15, -0.1) is 0 Å². The van der Waals surface area contributed by atoms with E-state index in [-0.39, 0.29) is 0 Å². The summed E-state index contributed by atoms with van der Waals surface area (Å²) in [6.45, 7) is 2.10. The van der Waals surface area contributed by atoms with E-state index < -0.39 is 0 Å². The van der Waals surface area contributed by atoms with Gasteiger partial charge in [-0.1, -0.05) is 35.9 Å². The van der Waals surface area contributed by atoms with Crippen molar-refractivity contribution >= 4 is 11.6 Å². The molecule has 0 aliphatic carbocycles. The van der Waals surface area contributed by atoms with Gasteiger partial charge in [-0.3, -0.25) is 0 Å².